The molecule has 1 atom stereocenters. The van der Waals surface area contributed by atoms with Crippen molar-refractivity contribution in [1.29, 1.82) is 0 Å². The smallest absolute Gasteiger partial charge is 0.370 e. The van der Waals surface area contributed by atoms with Crippen LogP contribution in [0, 0.1) is 11.6 Å². The van der Waals surface area contributed by atoms with Crippen molar-refractivity contribution in [2.45, 2.75) is 50.0 Å². The zero-order valence-electron chi connectivity index (χ0n) is 19.7. The van der Waals surface area contributed by atoms with E-state index in [2.05, 4.69) is 0 Å². The van der Waals surface area contributed by atoms with Gasteiger partial charge in [0, 0.05) is 12.0 Å². The highest BCUT2D eigenvalue weighted by Gasteiger charge is 2.37. The second kappa shape index (κ2) is 9.15. The Balaban J connectivity index is 1.86. The number of rotatable bonds is 4. The molecular weight excluding hydrogens is 501 g/mol. The number of hydrogen-bond donors (Lipinski definition) is 0. The standard InChI is InChI=1S/C26H24F5NO3S/c1-25(2,3)35-20-11-17-8-7-16(22-14-19(27)9-10-23(22)28)12-24(17)32(15-20)36(33,34)21-6-4-5-18(13-21)26(29,30)31/h4-10,12-14,20H,11,15H2,1-3H3. The SMILES string of the molecule is CC(C)(C)OC1Cc2ccc(-c3cc(F)ccc3F)cc2N(S(=O)(=O)c2cccc(C(F)(F)F)c2)C1. The van der Waals surface area contributed by atoms with E-state index < -0.39 is 50.0 Å². The summed E-state index contributed by atoms with van der Waals surface area (Å²) in [6, 6.07) is 11.0. The molecule has 0 bridgehead atoms. The molecule has 0 amide bonds. The summed E-state index contributed by atoms with van der Waals surface area (Å²) in [7, 11) is -4.48. The molecule has 0 fully saturated rings. The molecule has 10 heteroatoms. The topological polar surface area (TPSA) is 46.6 Å². The summed E-state index contributed by atoms with van der Waals surface area (Å²) in [6.07, 6.45) is -4.99. The predicted octanol–water partition coefficient (Wildman–Crippen LogP) is 6.59. The van der Waals surface area contributed by atoms with E-state index in [-0.39, 0.29) is 23.4 Å². The predicted molar refractivity (Wildman–Crippen MR) is 126 cm³/mol. The molecular formula is C26H24F5NO3S. The Kier molecular flexibility index (Phi) is 6.63. The van der Waals surface area contributed by atoms with Crippen molar-refractivity contribution < 1.29 is 35.1 Å². The molecule has 3 aromatic carbocycles. The maximum absolute atomic E-state index is 14.5. The number of anilines is 1. The van der Waals surface area contributed by atoms with Gasteiger partial charge >= 0.3 is 6.18 Å². The van der Waals surface area contributed by atoms with Crippen LogP contribution in [0.3, 0.4) is 0 Å². The van der Waals surface area contributed by atoms with E-state index in [4.69, 9.17) is 4.74 Å². The number of hydrogen-bond acceptors (Lipinski definition) is 3. The normalized spacial score (nSPS) is 16.7. The molecule has 1 aliphatic heterocycles. The van der Waals surface area contributed by atoms with Crippen LogP contribution >= 0.6 is 0 Å². The molecule has 4 rings (SSSR count). The molecule has 36 heavy (non-hydrogen) atoms. The lowest BCUT2D eigenvalue weighted by molar-refractivity contribution is -0.137. The number of benzene rings is 3. The molecule has 1 aliphatic rings. The van der Waals surface area contributed by atoms with Crippen LogP contribution in [0.5, 0.6) is 0 Å². The maximum atomic E-state index is 14.5. The second-order valence-corrected chi connectivity index (χ2v) is 11.4. The van der Waals surface area contributed by atoms with Crippen LogP contribution in [0.25, 0.3) is 11.1 Å². The first-order valence-corrected chi connectivity index (χ1v) is 12.6. The Hall–Kier alpha value is -2.98. The third-order valence-corrected chi connectivity index (χ3v) is 7.46. The molecule has 0 aromatic heterocycles. The zero-order chi connectivity index (χ0) is 26.5. The van der Waals surface area contributed by atoms with Gasteiger partial charge in [-0.25, -0.2) is 17.2 Å². The molecule has 1 unspecified atom stereocenters. The second-order valence-electron chi connectivity index (χ2n) is 9.59. The number of halogens is 5. The first-order valence-electron chi connectivity index (χ1n) is 11.1. The first kappa shape index (κ1) is 26.1. The first-order chi connectivity index (χ1) is 16.6. The zero-order valence-corrected chi connectivity index (χ0v) is 20.6. The lowest BCUT2D eigenvalue weighted by Gasteiger charge is -2.38. The van der Waals surface area contributed by atoms with Crippen LogP contribution in [-0.2, 0) is 27.4 Å². The van der Waals surface area contributed by atoms with Gasteiger partial charge in [-0.15, -0.1) is 0 Å². The van der Waals surface area contributed by atoms with Crippen molar-refractivity contribution >= 4 is 15.7 Å². The van der Waals surface area contributed by atoms with Gasteiger partial charge in [-0.1, -0.05) is 18.2 Å². The van der Waals surface area contributed by atoms with Crippen LogP contribution in [0.4, 0.5) is 27.6 Å². The van der Waals surface area contributed by atoms with Gasteiger partial charge in [0.25, 0.3) is 10.0 Å². The van der Waals surface area contributed by atoms with Crippen LogP contribution in [-0.4, -0.2) is 26.7 Å². The van der Waals surface area contributed by atoms with E-state index >= 15 is 0 Å². The quantitative estimate of drug-likeness (QED) is 0.361. The number of nitrogens with zero attached hydrogens (tertiary/aromatic N) is 1. The van der Waals surface area contributed by atoms with Gasteiger partial charge in [0.1, 0.15) is 11.6 Å². The molecule has 0 spiro atoms. The minimum Gasteiger partial charge on any atom is -0.370 e. The summed E-state index contributed by atoms with van der Waals surface area (Å²) in [5.41, 5.74) is -0.835. The fourth-order valence-corrected chi connectivity index (χ4v) is 5.79. The van der Waals surface area contributed by atoms with Gasteiger partial charge in [0.2, 0.25) is 0 Å². The number of alkyl halides is 3. The number of sulfonamides is 1. The number of ether oxygens (including phenoxy) is 1. The Morgan fingerprint density at radius 1 is 0.944 bits per heavy atom. The highest BCUT2D eigenvalue weighted by atomic mass is 32.2. The molecule has 0 saturated heterocycles. The fourth-order valence-electron chi connectivity index (χ4n) is 4.21. The summed E-state index contributed by atoms with van der Waals surface area (Å²) in [6.45, 7) is 5.26. The van der Waals surface area contributed by atoms with Gasteiger partial charge in [-0.2, -0.15) is 13.2 Å². The summed E-state index contributed by atoms with van der Waals surface area (Å²) in [5, 5.41) is 0. The molecule has 192 valence electrons. The van der Waals surface area contributed by atoms with Gasteiger partial charge in [-0.05, 0) is 74.4 Å². The molecule has 0 N–H and O–H groups in total. The molecule has 0 radical (unpaired) electrons. The summed E-state index contributed by atoms with van der Waals surface area (Å²) < 4.78 is 103. The van der Waals surface area contributed by atoms with E-state index in [1.165, 1.54) is 6.07 Å². The summed E-state index contributed by atoms with van der Waals surface area (Å²) >= 11 is 0. The van der Waals surface area contributed by atoms with E-state index in [0.29, 0.717) is 18.1 Å². The monoisotopic (exact) mass is 525 g/mol. The maximum Gasteiger partial charge on any atom is 0.416 e. The molecule has 0 aliphatic carbocycles. The van der Waals surface area contributed by atoms with Crippen LogP contribution in [0.2, 0.25) is 0 Å². The van der Waals surface area contributed by atoms with Gasteiger partial charge in [0.05, 0.1) is 34.4 Å². The van der Waals surface area contributed by atoms with E-state index in [9.17, 15) is 30.4 Å². The van der Waals surface area contributed by atoms with Crippen molar-refractivity contribution in [2.24, 2.45) is 0 Å². The third-order valence-electron chi connectivity index (χ3n) is 5.68. The van der Waals surface area contributed by atoms with E-state index in [1.54, 1.807) is 12.1 Å². The van der Waals surface area contributed by atoms with Crippen molar-refractivity contribution in [3.63, 3.8) is 0 Å². The van der Waals surface area contributed by atoms with Crippen LogP contribution in [0.1, 0.15) is 31.9 Å². The molecule has 1 heterocycles. The highest BCUT2D eigenvalue weighted by Crippen LogP contribution is 2.39. The molecule has 3 aromatic rings. The lowest BCUT2D eigenvalue weighted by atomic mass is 9.96. The minimum absolute atomic E-state index is 0.0673. The Bertz CT molecular complexity index is 1400. The summed E-state index contributed by atoms with van der Waals surface area (Å²) in [4.78, 5) is -0.540. The van der Waals surface area contributed by atoms with Crippen LogP contribution in [0.15, 0.2) is 65.6 Å². The van der Waals surface area contributed by atoms with Gasteiger partial charge in [-0.3, -0.25) is 4.31 Å². The Labute approximate surface area is 206 Å². The van der Waals surface area contributed by atoms with Crippen molar-refractivity contribution in [2.75, 3.05) is 10.8 Å². The Morgan fingerprint density at radius 2 is 1.67 bits per heavy atom. The van der Waals surface area contributed by atoms with Gasteiger partial charge in [0.15, 0.2) is 0 Å². The highest BCUT2D eigenvalue weighted by molar-refractivity contribution is 7.92. The number of fused-ring (bicyclic) bond motifs is 1. The van der Waals surface area contributed by atoms with Gasteiger partial charge < -0.3 is 4.74 Å². The summed E-state index contributed by atoms with van der Waals surface area (Å²) in [5.74, 6) is -1.37. The van der Waals surface area contributed by atoms with Crippen molar-refractivity contribution in [1.82, 2.24) is 0 Å². The van der Waals surface area contributed by atoms with E-state index in [0.717, 1.165) is 40.7 Å². The van der Waals surface area contributed by atoms with Crippen molar-refractivity contribution in [3.8, 4) is 11.1 Å². The fraction of sp³-hybridized carbons (Fsp3) is 0.308. The largest absolute Gasteiger partial charge is 0.416 e. The van der Waals surface area contributed by atoms with E-state index in [1.807, 2.05) is 20.8 Å². The van der Waals surface area contributed by atoms with Crippen molar-refractivity contribution in [3.05, 3.63) is 83.4 Å². The third kappa shape index (κ3) is 5.39. The molecule has 0 saturated carbocycles. The molecule has 4 nitrogen and oxygen atoms in total. The average Bonchev–Trinajstić information content (AvgIpc) is 2.78. The lowest BCUT2D eigenvalue weighted by Crippen LogP contribution is -2.45. The Morgan fingerprint density at radius 3 is 2.33 bits per heavy atom. The average molecular weight is 526 g/mol. The minimum atomic E-state index is -4.73. The van der Waals surface area contributed by atoms with Crippen LogP contribution < -0.4 is 4.31 Å².